The van der Waals surface area contributed by atoms with E-state index < -0.39 is 0 Å². The molecule has 1 heterocycles. The Morgan fingerprint density at radius 2 is 1.83 bits per heavy atom. The van der Waals surface area contributed by atoms with Gasteiger partial charge in [0.05, 0.1) is 0 Å². The van der Waals surface area contributed by atoms with Crippen LogP contribution in [0.15, 0.2) is 0 Å². The Kier molecular flexibility index (Phi) is 3.44. The highest BCUT2D eigenvalue weighted by Crippen LogP contribution is 2.39. The smallest absolute Gasteiger partial charge is 0.0309 e. The molecular formula is C16H30N2. The molecule has 2 aliphatic carbocycles. The summed E-state index contributed by atoms with van der Waals surface area (Å²) in [7, 11) is 0. The van der Waals surface area contributed by atoms with Crippen LogP contribution in [0.4, 0.5) is 0 Å². The lowest BCUT2D eigenvalue weighted by Crippen LogP contribution is -2.61. The van der Waals surface area contributed by atoms with Crippen molar-refractivity contribution in [3.05, 3.63) is 0 Å². The molecule has 104 valence electrons. The van der Waals surface area contributed by atoms with E-state index in [0.717, 1.165) is 6.04 Å². The van der Waals surface area contributed by atoms with Crippen LogP contribution in [0.1, 0.15) is 65.2 Å². The largest absolute Gasteiger partial charge is 0.309 e. The topological polar surface area (TPSA) is 15.3 Å². The van der Waals surface area contributed by atoms with E-state index >= 15 is 0 Å². The third-order valence-corrected chi connectivity index (χ3v) is 5.66. The van der Waals surface area contributed by atoms with Crippen LogP contribution in [0.25, 0.3) is 0 Å². The fourth-order valence-electron chi connectivity index (χ4n) is 4.66. The molecule has 1 atom stereocenters. The summed E-state index contributed by atoms with van der Waals surface area (Å²) in [5.74, 6) is 0. The highest BCUT2D eigenvalue weighted by molar-refractivity contribution is 5.00. The number of rotatable bonds is 1. The third kappa shape index (κ3) is 2.60. The van der Waals surface area contributed by atoms with Crippen molar-refractivity contribution in [1.82, 2.24) is 10.2 Å². The van der Waals surface area contributed by atoms with Gasteiger partial charge in [0.2, 0.25) is 0 Å². The summed E-state index contributed by atoms with van der Waals surface area (Å²) >= 11 is 0. The number of piperazine rings is 1. The van der Waals surface area contributed by atoms with Crippen molar-refractivity contribution >= 4 is 0 Å². The average molecular weight is 250 g/mol. The minimum atomic E-state index is 0.500. The van der Waals surface area contributed by atoms with Crippen LogP contribution in [0.5, 0.6) is 0 Å². The second-order valence-corrected chi connectivity index (χ2v) is 7.80. The van der Waals surface area contributed by atoms with E-state index in [2.05, 4.69) is 24.1 Å². The fraction of sp³-hybridized carbons (Fsp3) is 1.00. The van der Waals surface area contributed by atoms with Gasteiger partial charge in [-0.05, 0) is 37.5 Å². The van der Waals surface area contributed by atoms with Gasteiger partial charge in [0.25, 0.3) is 0 Å². The first-order valence-electron chi connectivity index (χ1n) is 8.08. The summed E-state index contributed by atoms with van der Waals surface area (Å²) in [6.07, 6.45) is 11.4. The van der Waals surface area contributed by atoms with Crippen molar-refractivity contribution in [1.29, 1.82) is 0 Å². The Hall–Kier alpha value is -0.0800. The molecule has 1 unspecified atom stereocenters. The summed E-state index contributed by atoms with van der Waals surface area (Å²) in [5, 5.41) is 3.84. The normalized spacial score (nSPS) is 36.0. The minimum Gasteiger partial charge on any atom is -0.309 e. The lowest BCUT2D eigenvalue weighted by atomic mass is 9.74. The first kappa shape index (κ1) is 12.9. The van der Waals surface area contributed by atoms with Gasteiger partial charge in [-0.15, -0.1) is 0 Å². The summed E-state index contributed by atoms with van der Waals surface area (Å²) in [5.41, 5.74) is 1.08. The predicted octanol–water partition coefficient (Wildman–Crippen LogP) is 3.17. The Labute approximate surface area is 113 Å². The molecule has 3 fully saturated rings. The maximum absolute atomic E-state index is 3.84. The maximum atomic E-state index is 3.84. The molecular weight excluding hydrogens is 220 g/mol. The van der Waals surface area contributed by atoms with Crippen LogP contribution in [-0.4, -0.2) is 36.1 Å². The maximum Gasteiger partial charge on any atom is 0.0309 e. The van der Waals surface area contributed by atoms with Gasteiger partial charge in [0.15, 0.2) is 0 Å². The Morgan fingerprint density at radius 3 is 2.56 bits per heavy atom. The molecule has 0 aromatic rings. The van der Waals surface area contributed by atoms with Crippen molar-refractivity contribution in [3.63, 3.8) is 0 Å². The van der Waals surface area contributed by atoms with Crippen molar-refractivity contribution in [2.24, 2.45) is 5.41 Å². The highest BCUT2D eigenvalue weighted by Gasteiger charge is 2.41. The zero-order valence-corrected chi connectivity index (χ0v) is 12.3. The quantitative estimate of drug-likeness (QED) is 0.769. The van der Waals surface area contributed by atoms with Gasteiger partial charge >= 0.3 is 0 Å². The van der Waals surface area contributed by atoms with Gasteiger partial charge in [-0.25, -0.2) is 0 Å². The molecule has 0 aromatic carbocycles. The Balaban J connectivity index is 1.65. The van der Waals surface area contributed by atoms with Crippen LogP contribution >= 0.6 is 0 Å². The van der Waals surface area contributed by atoms with Crippen molar-refractivity contribution in [2.45, 2.75) is 76.8 Å². The number of nitrogens with one attached hydrogen (secondary N) is 1. The summed E-state index contributed by atoms with van der Waals surface area (Å²) in [4.78, 5) is 2.84. The van der Waals surface area contributed by atoms with Gasteiger partial charge in [0.1, 0.15) is 0 Å². The minimum absolute atomic E-state index is 0.500. The first-order chi connectivity index (χ1) is 8.59. The van der Waals surface area contributed by atoms with E-state index in [1.807, 2.05) is 0 Å². The van der Waals surface area contributed by atoms with Crippen LogP contribution in [0.3, 0.4) is 0 Å². The Bertz CT molecular complexity index is 291. The van der Waals surface area contributed by atoms with Crippen LogP contribution in [-0.2, 0) is 0 Å². The van der Waals surface area contributed by atoms with E-state index in [1.165, 1.54) is 71.0 Å². The molecule has 0 radical (unpaired) electrons. The number of hydrogen-bond acceptors (Lipinski definition) is 2. The summed E-state index contributed by atoms with van der Waals surface area (Å²) in [6.45, 7) is 8.76. The molecule has 1 aliphatic heterocycles. The van der Waals surface area contributed by atoms with Crippen molar-refractivity contribution in [3.8, 4) is 0 Å². The zero-order valence-electron chi connectivity index (χ0n) is 12.3. The standard InChI is InChI=1S/C16H30N2/c1-15(2)7-5-6-14(12-15)18-11-10-17-16(13-18)8-3-4-9-16/h14,17H,3-13H2,1-2H3. The second-order valence-electron chi connectivity index (χ2n) is 7.80. The summed E-state index contributed by atoms with van der Waals surface area (Å²) < 4.78 is 0. The van der Waals surface area contributed by atoms with E-state index in [-0.39, 0.29) is 0 Å². The van der Waals surface area contributed by atoms with E-state index in [4.69, 9.17) is 0 Å². The van der Waals surface area contributed by atoms with Gasteiger partial charge in [0, 0.05) is 31.2 Å². The molecule has 1 N–H and O–H groups in total. The lowest BCUT2D eigenvalue weighted by molar-refractivity contribution is 0.0448. The molecule has 0 aromatic heterocycles. The number of nitrogens with zero attached hydrogens (tertiary/aromatic N) is 1. The van der Waals surface area contributed by atoms with Crippen molar-refractivity contribution in [2.75, 3.05) is 19.6 Å². The second kappa shape index (κ2) is 4.79. The molecule has 2 nitrogen and oxygen atoms in total. The monoisotopic (exact) mass is 250 g/mol. The van der Waals surface area contributed by atoms with Gasteiger partial charge in [-0.1, -0.05) is 33.1 Å². The van der Waals surface area contributed by atoms with Gasteiger partial charge in [-0.3, -0.25) is 4.90 Å². The van der Waals surface area contributed by atoms with E-state index in [1.54, 1.807) is 0 Å². The molecule has 0 amide bonds. The van der Waals surface area contributed by atoms with Crippen LogP contribution in [0, 0.1) is 5.41 Å². The average Bonchev–Trinajstić information content (AvgIpc) is 2.76. The summed E-state index contributed by atoms with van der Waals surface area (Å²) in [6, 6.07) is 0.869. The zero-order chi connectivity index (χ0) is 12.6. The van der Waals surface area contributed by atoms with E-state index in [0.29, 0.717) is 11.0 Å². The van der Waals surface area contributed by atoms with Gasteiger partial charge in [-0.2, -0.15) is 0 Å². The van der Waals surface area contributed by atoms with Crippen LogP contribution < -0.4 is 5.32 Å². The Morgan fingerprint density at radius 1 is 1.06 bits per heavy atom. The number of hydrogen-bond donors (Lipinski definition) is 1. The first-order valence-corrected chi connectivity index (χ1v) is 8.08. The van der Waals surface area contributed by atoms with Crippen LogP contribution in [0.2, 0.25) is 0 Å². The molecule has 3 rings (SSSR count). The van der Waals surface area contributed by atoms with Gasteiger partial charge < -0.3 is 5.32 Å². The SMILES string of the molecule is CC1(C)CCCC(N2CCNC3(CCCC3)C2)C1. The molecule has 1 spiro atoms. The molecule has 1 saturated heterocycles. The highest BCUT2D eigenvalue weighted by atomic mass is 15.2. The third-order valence-electron chi connectivity index (χ3n) is 5.66. The van der Waals surface area contributed by atoms with Crippen molar-refractivity contribution < 1.29 is 0 Å². The molecule has 2 heteroatoms. The molecule has 3 aliphatic rings. The lowest BCUT2D eigenvalue weighted by Gasteiger charge is -2.48. The molecule has 0 bridgehead atoms. The molecule has 18 heavy (non-hydrogen) atoms. The van der Waals surface area contributed by atoms with E-state index in [9.17, 15) is 0 Å². The molecule has 2 saturated carbocycles. The predicted molar refractivity (Wildman–Crippen MR) is 76.8 cm³/mol. The fourth-order valence-corrected chi connectivity index (χ4v) is 4.66.